The highest BCUT2D eigenvalue weighted by molar-refractivity contribution is 6.07. The molecule has 0 radical (unpaired) electrons. The summed E-state index contributed by atoms with van der Waals surface area (Å²) in [5.74, 6) is 0.0357. The Morgan fingerprint density at radius 2 is 1.71 bits per heavy atom. The smallest absolute Gasteiger partial charge is 0.350 e. The number of anilines is 2. The Hall–Kier alpha value is -4.73. The van der Waals surface area contributed by atoms with Crippen LogP contribution in [0.25, 0.3) is 16.8 Å². The van der Waals surface area contributed by atoms with E-state index in [2.05, 4.69) is 10.1 Å². The molecule has 10 heteroatoms. The number of urea groups is 1. The molecule has 2 N–H and O–H groups in total. The maximum absolute atomic E-state index is 13.3. The lowest BCUT2D eigenvalue weighted by molar-refractivity contribution is 0.1000. The van der Waals surface area contributed by atoms with Gasteiger partial charge in [-0.2, -0.15) is 5.10 Å². The maximum Gasteiger partial charge on any atom is 0.350 e. The number of benzene rings is 2. The zero-order valence-electron chi connectivity index (χ0n) is 19.3. The van der Waals surface area contributed by atoms with Crippen molar-refractivity contribution >= 4 is 23.4 Å². The number of pyridine rings is 1. The highest BCUT2D eigenvalue weighted by Gasteiger charge is 2.33. The van der Waals surface area contributed by atoms with Crippen molar-refractivity contribution < 1.29 is 9.59 Å². The molecule has 0 unspecified atom stereocenters. The summed E-state index contributed by atoms with van der Waals surface area (Å²) in [6, 6.07) is 16.0. The summed E-state index contributed by atoms with van der Waals surface area (Å²) < 4.78 is 2.74. The van der Waals surface area contributed by atoms with Crippen LogP contribution in [0.2, 0.25) is 0 Å². The predicted octanol–water partition coefficient (Wildman–Crippen LogP) is 2.49. The minimum atomic E-state index is -0.542. The molecule has 0 aliphatic carbocycles. The highest BCUT2D eigenvalue weighted by Crippen LogP contribution is 2.32. The van der Waals surface area contributed by atoms with Gasteiger partial charge in [-0.05, 0) is 60.0 Å². The Labute approximate surface area is 200 Å². The second-order valence-electron chi connectivity index (χ2n) is 8.26. The van der Waals surface area contributed by atoms with Gasteiger partial charge >= 0.3 is 11.7 Å². The molecule has 176 valence electrons. The molecular formula is C25H23N7O3. The van der Waals surface area contributed by atoms with Crippen molar-refractivity contribution in [3.8, 4) is 16.8 Å². The van der Waals surface area contributed by atoms with Gasteiger partial charge < -0.3 is 5.73 Å². The van der Waals surface area contributed by atoms with E-state index in [9.17, 15) is 14.4 Å². The van der Waals surface area contributed by atoms with Crippen LogP contribution in [0.4, 0.5) is 16.3 Å². The first-order chi connectivity index (χ1) is 16.8. The Morgan fingerprint density at radius 1 is 0.971 bits per heavy atom. The van der Waals surface area contributed by atoms with Crippen LogP contribution < -0.4 is 21.2 Å². The van der Waals surface area contributed by atoms with E-state index in [0.29, 0.717) is 35.8 Å². The number of hydrogen-bond acceptors (Lipinski definition) is 5. The van der Waals surface area contributed by atoms with Gasteiger partial charge in [-0.25, -0.2) is 23.8 Å². The van der Waals surface area contributed by atoms with Crippen LogP contribution in [0, 0.1) is 6.92 Å². The fourth-order valence-electron chi connectivity index (χ4n) is 4.27. The first-order valence-electron chi connectivity index (χ1n) is 11.0. The lowest BCUT2D eigenvalue weighted by atomic mass is 10.0. The number of carbonyl (C=O) groups excluding carboxylic acids is 2. The lowest BCUT2D eigenvalue weighted by Gasteiger charge is -2.21. The monoisotopic (exact) mass is 469 g/mol. The van der Waals surface area contributed by atoms with Gasteiger partial charge in [-0.3, -0.25) is 14.6 Å². The van der Waals surface area contributed by atoms with Gasteiger partial charge in [0.25, 0.3) is 0 Å². The number of nitrogens with two attached hydrogens (primary N) is 1. The molecule has 1 saturated heterocycles. The van der Waals surface area contributed by atoms with Crippen molar-refractivity contribution in [2.75, 3.05) is 22.9 Å². The van der Waals surface area contributed by atoms with Gasteiger partial charge in [0.05, 0.1) is 5.69 Å². The van der Waals surface area contributed by atoms with Crippen molar-refractivity contribution in [3.63, 3.8) is 0 Å². The summed E-state index contributed by atoms with van der Waals surface area (Å²) >= 11 is 0. The van der Waals surface area contributed by atoms with Gasteiger partial charge in [-0.15, -0.1) is 0 Å². The molecule has 0 bridgehead atoms. The molecule has 2 aromatic carbocycles. The molecule has 1 fully saturated rings. The van der Waals surface area contributed by atoms with Crippen molar-refractivity contribution in [1.29, 1.82) is 0 Å². The largest absolute Gasteiger partial charge is 0.366 e. The standard InChI is InChI=1S/C25H23N7O3/c1-16-21(17-6-8-19(9-7-17)32-15-28-29(2)24(32)34)10-11-27-23(16)31-13-12-30(25(31)35)20-5-3-4-18(14-20)22(26)33/h3-11,14-15H,12-13H2,1-2H3,(H2,26,33). The molecule has 35 heavy (non-hydrogen) atoms. The highest BCUT2D eigenvalue weighted by atomic mass is 16.2. The van der Waals surface area contributed by atoms with Crippen LogP contribution in [-0.2, 0) is 7.05 Å². The number of carbonyl (C=O) groups is 2. The first kappa shape index (κ1) is 22.1. The van der Waals surface area contributed by atoms with Gasteiger partial charge in [0.1, 0.15) is 12.1 Å². The van der Waals surface area contributed by atoms with Crippen LogP contribution in [-0.4, -0.2) is 44.4 Å². The van der Waals surface area contributed by atoms with Crippen LogP contribution >= 0.6 is 0 Å². The first-order valence-corrected chi connectivity index (χ1v) is 11.0. The van der Waals surface area contributed by atoms with E-state index in [1.165, 1.54) is 15.6 Å². The normalized spacial score (nSPS) is 13.5. The molecule has 2 aromatic heterocycles. The summed E-state index contributed by atoms with van der Waals surface area (Å²) in [5, 5.41) is 3.99. The van der Waals surface area contributed by atoms with Crippen molar-refractivity contribution in [1.82, 2.24) is 19.3 Å². The van der Waals surface area contributed by atoms with Gasteiger partial charge in [0, 0.05) is 37.6 Å². The average Bonchev–Trinajstić information content (AvgIpc) is 3.41. The molecule has 4 aromatic rings. The Bertz CT molecular complexity index is 1500. The van der Waals surface area contributed by atoms with E-state index < -0.39 is 5.91 Å². The van der Waals surface area contributed by atoms with E-state index >= 15 is 0 Å². The molecule has 0 atom stereocenters. The minimum Gasteiger partial charge on any atom is -0.366 e. The van der Waals surface area contributed by atoms with E-state index in [1.807, 2.05) is 37.3 Å². The number of hydrogen-bond donors (Lipinski definition) is 1. The summed E-state index contributed by atoms with van der Waals surface area (Å²) in [5.41, 5.74) is 9.57. The molecule has 10 nitrogen and oxygen atoms in total. The number of aryl methyl sites for hydroxylation is 1. The SMILES string of the molecule is Cc1c(-c2ccc(-n3cnn(C)c3=O)cc2)ccnc1N1CCN(c2cccc(C(N)=O)c2)C1=O. The number of amides is 3. The maximum atomic E-state index is 13.3. The van der Waals surface area contributed by atoms with E-state index in [0.717, 1.165) is 16.7 Å². The molecule has 5 rings (SSSR count). The minimum absolute atomic E-state index is 0.217. The summed E-state index contributed by atoms with van der Waals surface area (Å²) in [4.78, 5) is 44.7. The molecule has 0 saturated carbocycles. The van der Waals surface area contributed by atoms with E-state index in [1.54, 1.807) is 47.3 Å². The summed E-state index contributed by atoms with van der Waals surface area (Å²) in [6.45, 7) is 2.85. The fourth-order valence-corrected chi connectivity index (χ4v) is 4.27. The number of primary amides is 1. The number of rotatable bonds is 5. The predicted molar refractivity (Wildman–Crippen MR) is 132 cm³/mol. The third kappa shape index (κ3) is 3.84. The van der Waals surface area contributed by atoms with Crippen molar-refractivity contribution in [3.05, 3.63) is 88.7 Å². The lowest BCUT2D eigenvalue weighted by Crippen LogP contribution is -2.32. The molecule has 0 spiro atoms. The zero-order chi connectivity index (χ0) is 24.7. The number of aromatic nitrogens is 4. The fraction of sp³-hybridized carbons (Fsp3) is 0.160. The molecule has 1 aliphatic heterocycles. The third-order valence-corrected chi connectivity index (χ3v) is 6.16. The zero-order valence-corrected chi connectivity index (χ0v) is 19.3. The van der Waals surface area contributed by atoms with E-state index in [-0.39, 0.29) is 11.7 Å². The molecule has 1 aliphatic rings. The quantitative estimate of drug-likeness (QED) is 0.482. The summed E-state index contributed by atoms with van der Waals surface area (Å²) in [7, 11) is 1.60. The van der Waals surface area contributed by atoms with Gasteiger partial charge in [0.15, 0.2) is 0 Å². The Kier molecular flexibility index (Phi) is 5.40. The van der Waals surface area contributed by atoms with Crippen LogP contribution in [0.3, 0.4) is 0 Å². The van der Waals surface area contributed by atoms with E-state index in [4.69, 9.17) is 5.73 Å². The van der Waals surface area contributed by atoms with Crippen LogP contribution in [0.5, 0.6) is 0 Å². The third-order valence-electron chi connectivity index (χ3n) is 6.16. The topological polar surface area (TPSA) is 119 Å². The average molecular weight is 470 g/mol. The Morgan fingerprint density at radius 3 is 2.40 bits per heavy atom. The number of nitrogens with zero attached hydrogens (tertiary/aromatic N) is 6. The molecular weight excluding hydrogens is 446 g/mol. The van der Waals surface area contributed by atoms with Gasteiger partial charge in [0.2, 0.25) is 5.91 Å². The van der Waals surface area contributed by atoms with Crippen LogP contribution in [0.1, 0.15) is 15.9 Å². The van der Waals surface area contributed by atoms with Crippen LogP contribution in [0.15, 0.2) is 71.9 Å². The van der Waals surface area contributed by atoms with Crippen molar-refractivity contribution in [2.24, 2.45) is 12.8 Å². The Balaban J connectivity index is 1.43. The van der Waals surface area contributed by atoms with Crippen molar-refractivity contribution in [2.45, 2.75) is 6.92 Å². The second kappa shape index (κ2) is 8.56. The molecule has 3 amide bonds. The van der Waals surface area contributed by atoms with Gasteiger partial charge in [-0.1, -0.05) is 18.2 Å². The second-order valence-corrected chi connectivity index (χ2v) is 8.26. The summed E-state index contributed by atoms with van der Waals surface area (Å²) in [6.07, 6.45) is 3.16. The molecule has 3 heterocycles.